The Bertz CT molecular complexity index is 792. The predicted molar refractivity (Wildman–Crippen MR) is 85.4 cm³/mol. The Hall–Kier alpha value is -2.44. The molecule has 1 fully saturated rings. The van der Waals surface area contributed by atoms with Crippen LogP contribution in [0.25, 0.3) is 0 Å². The zero-order valence-corrected chi connectivity index (χ0v) is 13.7. The molecule has 0 spiro atoms. The lowest BCUT2D eigenvalue weighted by atomic mass is 9.97. The maximum atomic E-state index is 12.7. The minimum absolute atomic E-state index is 0.118. The van der Waals surface area contributed by atoms with Crippen molar-refractivity contribution in [2.24, 2.45) is 7.05 Å². The minimum Gasteiger partial charge on any atom is -0.354 e. The van der Waals surface area contributed by atoms with Gasteiger partial charge in [-0.25, -0.2) is 4.98 Å². The molecule has 3 heterocycles. The molecule has 7 nitrogen and oxygen atoms in total. The molecule has 1 atom stereocenters. The fraction of sp³-hybridized carbons (Fsp3) is 0.500. The van der Waals surface area contributed by atoms with Crippen LogP contribution in [0.15, 0.2) is 17.1 Å². The summed E-state index contributed by atoms with van der Waals surface area (Å²) >= 11 is 0. The van der Waals surface area contributed by atoms with Gasteiger partial charge in [-0.05, 0) is 26.7 Å². The topological polar surface area (TPSA) is 83.9 Å². The van der Waals surface area contributed by atoms with Gasteiger partial charge in [-0.15, -0.1) is 0 Å². The van der Waals surface area contributed by atoms with Crippen LogP contribution in [0.1, 0.15) is 46.5 Å². The van der Waals surface area contributed by atoms with Crippen molar-refractivity contribution in [1.82, 2.24) is 24.6 Å². The SMILES string of the molecule is Cc1nc(C2CCCN(C(=O)c3cn(C)c(C)cc3=O)C2)n[nH]1. The van der Waals surface area contributed by atoms with Crippen LogP contribution >= 0.6 is 0 Å². The van der Waals surface area contributed by atoms with Gasteiger partial charge in [0.05, 0.1) is 0 Å². The van der Waals surface area contributed by atoms with Crippen molar-refractivity contribution >= 4 is 5.91 Å². The van der Waals surface area contributed by atoms with E-state index in [4.69, 9.17) is 0 Å². The van der Waals surface area contributed by atoms with E-state index in [2.05, 4.69) is 15.2 Å². The van der Waals surface area contributed by atoms with Gasteiger partial charge in [0, 0.05) is 44.0 Å². The van der Waals surface area contributed by atoms with Gasteiger partial charge in [0.1, 0.15) is 11.4 Å². The second kappa shape index (κ2) is 5.98. The van der Waals surface area contributed by atoms with E-state index in [9.17, 15) is 9.59 Å². The lowest BCUT2D eigenvalue weighted by Gasteiger charge is -2.31. The van der Waals surface area contributed by atoms with Crippen molar-refractivity contribution in [3.63, 3.8) is 0 Å². The molecule has 0 saturated carbocycles. The van der Waals surface area contributed by atoms with E-state index >= 15 is 0 Å². The van der Waals surface area contributed by atoms with E-state index in [1.165, 1.54) is 6.07 Å². The molecule has 2 aromatic rings. The Labute approximate surface area is 134 Å². The van der Waals surface area contributed by atoms with Crippen molar-refractivity contribution in [3.8, 4) is 0 Å². The third-order valence-corrected chi connectivity index (χ3v) is 4.40. The Morgan fingerprint density at radius 2 is 2.17 bits per heavy atom. The molecule has 0 aliphatic carbocycles. The summed E-state index contributed by atoms with van der Waals surface area (Å²) in [4.78, 5) is 31.0. The van der Waals surface area contributed by atoms with E-state index in [0.717, 1.165) is 30.2 Å². The summed E-state index contributed by atoms with van der Waals surface area (Å²) in [5.74, 6) is 1.43. The molecule has 7 heteroatoms. The Balaban J connectivity index is 1.82. The number of likely N-dealkylation sites (tertiary alicyclic amines) is 1. The standard InChI is InChI=1S/C16H21N5O2/c1-10-7-14(22)13(9-20(10)3)16(23)21-6-4-5-12(8-21)15-17-11(2)18-19-15/h7,9,12H,4-6,8H2,1-3H3,(H,17,18,19). The number of aromatic nitrogens is 4. The summed E-state index contributed by atoms with van der Waals surface area (Å²) in [6.07, 6.45) is 3.46. The monoisotopic (exact) mass is 315 g/mol. The number of piperidine rings is 1. The summed E-state index contributed by atoms with van der Waals surface area (Å²) in [5.41, 5.74) is 0.839. The lowest BCUT2D eigenvalue weighted by Crippen LogP contribution is -2.41. The van der Waals surface area contributed by atoms with Crippen LogP contribution in [0.3, 0.4) is 0 Å². The Morgan fingerprint density at radius 1 is 1.39 bits per heavy atom. The fourth-order valence-corrected chi connectivity index (χ4v) is 2.97. The highest BCUT2D eigenvalue weighted by Gasteiger charge is 2.28. The first-order chi connectivity index (χ1) is 11.0. The number of carbonyl (C=O) groups is 1. The van der Waals surface area contributed by atoms with Crippen molar-refractivity contribution in [3.05, 3.63) is 45.4 Å². The molecule has 0 bridgehead atoms. The van der Waals surface area contributed by atoms with Gasteiger partial charge in [0.15, 0.2) is 11.3 Å². The van der Waals surface area contributed by atoms with E-state index < -0.39 is 0 Å². The second-order valence-electron chi connectivity index (χ2n) is 6.17. The highest BCUT2D eigenvalue weighted by atomic mass is 16.2. The normalized spacial score (nSPS) is 18.2. The third kappa shape index (κ3) is 3.04. The van der Waals surface area contributed by atoms with Crippen molar-refractivity contribution in [1.29, 1.82) is 0 Å². The Morgan fingerprint density at radius 3 is 2.87 bits per heavy atom. The average molecular weight is 315 g/mol. The molecule has 1 amide bonds. The number of rotatable bonds is 2. The predicted octanol–water partition coefficient (Wildman–Crippen LogP) is 1.14. The van der Waals surface area contributed by atoms with Gasteiger partial charge in [-0.2, -0.15) is 5.10 Å². The van der Waals surface area contributed by atoms with Gasteiger partial charge < -0.3 is 9.47 Å². The number of nitrogens with one attached hydrogen (secondary N) is 1. The summed E-state index contributed by atoms with van der Waals surface area (Å²) in [5, 5.41) is 7.06. The largest absolute Gasteiger partial charge is 0.354 e. The van der Waals surface area contributed by atoms with Gasteiger partial charge in [-0.1, -0.05) is 0 Å². The zero-order valence-electron chi connectivity index (χ0n) is 13.7. The molecule has 1 aliphatic heterocycles. The van der Waals surface area contributed by atoms with Gasteiger partial charge >= 0.3 is 0 Å². The van der Waals surface area contributed by atoms with E-state index in [-0.39, 0.29) is 22.8 Å². The molecule has 122 valence electrons. The molecular weight excluding hydrogens is 294 g/mol. The summed E-state index contributed by atoms with van der Waals surface area (Å²) in [7, 11) is 1.83. The molecule has 1 aliphatic rings. The van der Waals surface area contributed by atoms with Crippen LogP contribution in [-0.4, -0.2) is 43.6 Å². The highest BCUT2D eigenvalue weighted by molar-refractivity contribution is 5.94. The quantitative estimate of drug-likeness (QED) is 0.901. The number of pyridine rings is 1. The molecule has 3 rings (SSSR count). The van der Waals surface area contributed by atoms with Crippen LogP contribution in [0, 0.1) is 13.8 Å². The number of H-pyrrole nitrogens is 1. The minimum atomic E-state index is -0.221. The number of aromatic amines is 1. The fourth-order valence-electron chi connectivity index (χ4n) is 2.97. The second-order valence-corrected chi connectivity index (χ2v) is 6.17. The first kappa shape index (κ1) is 15.5. The number of aryl methyl sites for hydroxylation is 3. The van der Waals surface area contributed by atoms with Crippen LogP contribution in [0.4, 0.5) is 0 Å². The number of hydrogen-bond donors (Lipinski definition) is 1. The molecule has 23 heavy (non-hydrogen) atoms. The van der Waals surface area contributed by atoms with E-state index in [0.29, 0.717) is 13.1 Å². The van der Waals surface area contributed by atoms with E-state index in [1.807, 2.05) is 20.9 Å². The summed E-state index contributed by atoms with van der Waals surface area (Å²) in [6.45, 7) is 4.92. The van der Waals surface area contributed by atoms with Crippen LogP contribution in [0.2, 0.25) is 0 Å². The maximum absolute atomic E-state index is 12.7. The summed E-state index contributed by atoms with van der Waals surface area (Å²) in [6, 6.07) is 1.51. The molecule has 1 unspecified atom stereocenters. The highest BCUT2D eigenvalue weighted by Crippen LogP contribution is 2.25. The molecule has 1 saturated heterocycles. The van der Waals surface area contributed by atoms with Crippen molar-refractivity contribution in [2.45, 2.75) is 32.6 Å². The first-order valence-corrected chi connectivity index (χ1v) is 7.81. The van der Waals surface area contributed by atoms with Crippen molar-refractivity contribution < 1.29 is 4.79 Å². The van der Waals surface area contributed by atoms with Gasteiger partial charge in [0.2, 0.25) is 0 Å². The van der Waals surface area contributed by atoms with Gasteiger partial charge in [0.25, 0.3) is 5.91 Å². The first-order valence-electron chi connectivity index (χ1n) is 7.81. The number of hydrogen-bond acceptors (Lipinski definition) is 4. The maximum Gasteiger partial charge on any atom is 0.259 e. The van der Waals surface area contributed by atoms with Crippen LogP contribution in [0.5, 0.6) is 0 Å². The smallest absolute Gasteiger partial charge is 0.259 e. The summed E-state index contributed by atoms with van der Waals surface area (Å²) < 4.78 is 1.80. The zero-order chi connectivity index (χ0) is 16.6. The number of carbonyl (C=O) groups excluding carboxylic acids is 1. The third-order valence-electron chi connectivity index (χ3n) is 4.40. The van der Waals surface area contributed by atoms with Crippen LogP contribution in [-0.2, 0) is 7.05 Å². The molecule has 0 radical (unpaired) electrons. The van der Waals surface area contributed by atoms with Crippen molar-refractivity contribution in [2.75, 3.05) is 13.1 Å². The molecule has 1 N–H and O–H groups in total. The number of amides is 1. The average Bonchev–Trinajstić information content (AvgIpc) is 2.97. The number of nitrogens with zero attached hydrogens (tertiary/aromatic N) is 4. The van der Waals surface area contributed by atoms with E-state index in [1.54, 1.807) is 15.7 Å². The van der Waals surface area contributed by atoms with Gasteiger partial charge in [-0.3, -0.25) is 14.7 Å². The molecule has 2 aromatic heterocycles. The Kier molecular flexibility index (Phi) is 4.02. The molecule has 0 aromatic carbocycles. The lowest BCUT2D eigenvalue weighted by molar-refractivity contribution is 0.0702. The molecular formula is C16H21N5O2. The van der Waals surface area contributed by atoms with Crippen LogP contribution < -0.4 is 5.43 Å².